The Morgan fingerprint density at radius 1 is 0.800 bits per heavy atom. The maximum atomic E-state index is 13.3. The van der Waals surface area contributed by atoms with Crippen molar-refractivity contribution in [3.8, 4) is 0 Å². The van der Waals surface area contributed by atoms with Crippen molar-refractivity contribution in [3.63, 3.8) is 0 Å². The normalized spacial score (nSPS) is 12.6. The number of nitrogens with zero attached hydrogens (tertiary/aromatic N) is 1. The van der Waals surface area contributed by atoms with Gasteiger partial charge in [-0.15, -0.1) is 0 Å². The van der Waals surface area contributed by atoms with Crippen LogP contribution in [0.4, 0.5) is 5.69 Å². The summed E-state index contributed by atoms with van der Waals surface area (Å²) in [6, 6.07) is 24.5. The van der Waals surface area contributed by atoms with E-state index in [-0.39, 0.29) is 10.9 Å². The number of para-hydroxylation sites is 1. The first-order valence-corrected chi connectivity index (χ1v) is 9.72. The van der Waals surface area contributed by atoms with Crippen molar-refractivity contribution < 1.29 is 8.42 Å². The summed E-state index contributed by atoms with van der Waals surface area (Å²) in [4.78, 5) is 0.264. The summed E-state index contributed by atoms with van der Waals surface area (Å²) in [5.74, 6) is 0. The first-order valence-electron chi connectivity index (χ1n) is 7.90. The van der Waals surface area contributed by atoms with Crippen molar-refractivity contribution in [2.45, 2.75) is 17.9 Å². The highest BCUT2D eigenvalue weighted by atomic mass is 35.5. The minimum Gasteiger partial charge on any atom is -0.259 e. The first kappa shape index (κ1) is 17.5. The molecular weight excluding hydrogens is 354 g/mol. The van der Waals surface area contributed by atoms with Crippen LogP contribution in [-0.2, 0) is 10.0 Å². The number of rotatable bonds is 5. The molecule has 0 N–H and O–H groups in total. The molecule has 3 nitrogen and oxygen atoms in total. The van der Waals surface area contributed by atoms with Crippen LogP contribution < -0.4 is 4.31 Å². The molecule has 0 spiro atoms. The molecule has 0 amide bonds. The number of anilines is 1. The van der Waals surface area contributed by atoms with Gasteiger partial charge in [0.25, 0.3) is 10.0 Å². The number of sulfonamides is 1. The van der Waals surface area contributed by atoms with E-state index in [9.17, 15) is 8.42 Å². The Bertz CT molecular complexity index is 926. The van der Waals surface area contributed by atoms with Crippen LogP contribution in [0, 0.1) is 0 Å². The van der Waals surface area contributed by atoms with E-state index in [1.54, 1.807) is 54.6 Å². The van der Waals surface area contributed by atoms with E-state index < -0.39 is 10.0 Å². The average molecular weight is 372 g/mol. The molecule has 0 aliphatic rings. The highest BCUT2D eigenvalue weighted by Crippen LogP contribution is 2.33. The van der Waals surface area contributed by atoms with Gasteiger partial charge in [0, 0.05) is 5.02 Å². The Kier molecular flexibility index (Phi) is 5.11. The molecule has 0 aliphatic carbocycles. The second kappa shape index (κ2) is 7.30. The molecule has 25 heavy (non-hydrogen) atoms. The van der Waals surface area contributed by atoms with E-state index in [0.717, 1.165) is 5.56 Å². The second-order valence-corrected chi connectivity index (χ2v) is 7.93. The summed E-state index contributed by atoms with van der Waals surface area (Å²) in [6.07, 6.45) is 0. The van der Waals surface area contributed by atoms with Gasteiger partial charge in [-0.05, 0) is 48.9 Å². The smallest absolute Gasteiger partial charge is 0.259 e. The van der Waals surface area contributed by atoms with Crippen molar-refractivity contribution in [3.05, 3.63) is 95.5 Å². The van der Waals surface area contributed by atoms with Crippen LogP contribution in [0.15, 0.2) is 89.8 Å². The predicted octanol–water partition coefficient (Wildman–Crippen LogP) is 5.30. The Labute approximate surface area is 153 Å². The van der Waals surface area contributed by atoms with Gasteiger partial charge in [0.1, 0.15) is 0 Å². The molecule has 0 heterocycles. The van der Waals surface area contributed by atoms with E-state index in [0.29, 0.717) is 10.7 Å². The molecule has 128 valence electrons. The van der Waals surface area contributed by atoms with Gasteiger partial charge in [-0.2, -0.15) is 0 Å². The van der Waals surface area contributed by atoms with Crippen LogP contribution >= 0.6 is 11.6 Å². The summed E-state index contributed by atoms with van der Waals surface area (Å²) in [6.45, 7) is 1.87. The Balaban J connectivity index is 2.12. The van der Waals surface area contributed by atoms with Crippen LogP contribution in [0.1, 0.15) is 18.5 Å². The Hall–Kier alpha value is -2.30. The lowest BCUT2D eigenvalue weighted by Gasteiger charge is -2.31. The largest absolute Gasteiger partial charge is 0.264 e. The SMILES string of the molecule is CC(c1ccc(Cl)cc1)N(c1ccccc1)S(=O)(=O)c1ccccc1. The fourth-order valence-corrected chi connectivity index (χ4v) is 4.52. The van der Waals surface area contributed by atoms with Crippen LogP contribution in [0.3, 0.4) is 0 Å². The van der Waals surface area contributed by atoms with Gasteiger partial charge in [-0.3, -0.25) is 4.31 Å². The molecule has 0 aliphatic heterocycles. The second-order valence-electron chi connectivity index (χ2n) is 5.68. The summed E-state index contributed by atoms with van der Waals surface area (Å²) in [5, 5.41) is 0.619. The van der Waals surface area contributed by atoms with Crippen molar-refractivity contribution >= 4 is 27.3 Å². The number of hydrogen-bond donors (Lipinski definition) is 0. The molecular formula is C20H18ClNO2S. The third-order valence-corrected chi connectivity index (χ3v) is 6.18. The zero-order chi connectivity index (χ0) is 17.9. The lowest BCUT2D eigenvalue weighted by atomic mass is 10.1. The lowest BCUT2D eigenvalue weighted by molar-refractivity contribution is 0.583. The topological polar surface area (TPSA) is 37.4 Å². The van der Waals surface area contributed by atoms with Gasteiger partial charge in [0.2, 0.25) is 0 Å². The molecule has 1 atom stereocenters. The van der Waals surface area contributed by atoms with Gasteiger partial charge < -0.3 is 0 Å². The van der Waals surface area contributed by atoms with Crippen molar-refractivity contribution in [1.82, 2.24) is 0 Å². The molecule has 0 bridgehead atoms. The van der Waals surface area contributed by atoms with Crippen LogP contribution in [0.25, 0.3) is 0 Å². The van der Waals surface area contributed by atoms with Crippen LogP contribution in [-0.4, -0.2) is 8.42 Å². The summed E-state index contributed by atoms with van der Waals surface area (Å²) >= 11 is 5.97. The Morgan fingerprint density at radius 3 is 1.88 bits per heavy atom. The average Bonchev–Trinajstić information content (AvgIpc) is 2.64. The highest BCUT2D eigenvalue weighted by molar-refractivity contribution is 7.92. The van der Waals surface area contributed by atoms with Crippen molar-refractivity contribution in [2.24, 2.45) is 0 Å². The van der Waals surface area contributed by atoms with Crippen LogP contribution in [0.5, 0.6) is 0 Å². The van der Waals surface area contributed by atoms with Crippen LogP contribution in [0.2, 0.25) is 5.02 Å². The Morgan fingerprint density at radius 2 is 1.32 bits per heavy atom. The van der Waals surface area contributed by atoms with E-state index in [1.807, 2.05) is 37.3 Å². The first-order chi connectivity index (χ1) is 12.0. The molecule has 0 fully saturated rings. The zero-order valence-corrected chi connectivity index (χ0v) is 15.3. The van der Waals surface area contributed by atoms with Gasteiger partial charge in [-0.1, -0.05) is 60.1 Å². The molecule has 0 saturated heterocycles. The quantitative estimate of drug-likeness (QED) is 0.610. The maximum absolute atomic E-state index is 13.3. The minimum absolute atomic E-state index is 0.264. The maximum Gasteiger partial charge on any atom is 0.264 e. The van der Waals surface area contributed by atoms with Crippen molar-refractivity contribution in [1.29, 1.82) is 0 Å². The van der Waals surface area contributed by atoms with E-state index in [4.69, 9.17) is 11.6 Å². The minimum atomic E-state index is -3.71. The molecule has 3 rings (SSSR count). The highest BCUT2D eigenvalue weighted by Gasteiger charge is 2.30. The fourth-order valence-electron chi connectivity index (χ4n) is 2.73. The number of hydrogen-bond acceptors (Lipinski definition) is 2. The molecule has 3 aromatic rings. The molecule has 1 unspecified atom stereocenters. The molecule has 3 aromatic carbocycles. The number of benzene rings is 3. The monoisotopic (exact) mass is 371 g/mol. The van der Waals surface area contributed by atoms with Gasteiger partial charge >= 0.3 is 0 Å². The third kappa shape index (κ3) is 3.70. The van der Waals surface area contributed by atoms with E-state index >= 15 is 0 Å². The number of halogens is 1. The van der Waals surface area contributed by atoms with Gasteiger partial charge in [0.05, 0.1) is 16.6 Å². The predicted molar refractivity (Wildman–Crippen MR) is 102 cm³/mol. The van der Waals surface area contributed by atoms with Crippen molar-refractivity contribution in [2.75, 3.05) is 4.31 Å². The third-order valence-electron chi connectivity index (χ3n) is 4.01. The molecule has 0 saturated carbocycles. The summed E-state index contributed by atoms with van der Waals surface area (Å²) in [7, 11) is -3.71. The lowest BCUT2D eigenvalue weighted by Crippen LogP contribution is -2.33. The molecule has 0 aromatic heterocycles. The van der Waals surface area contributed by atoms with E-state index in [2.05, 4.69) is 0 Å². The van der Waals surface area contributed by atoms with Gasteiger partial charge in [-0.25, -0.2) is 8.42 Å². The molecule has 5 heteroatoms. The fraction of sp³-hybridized carbons (Fsp3) is 0.100. The molecule has 0 radical (unpaired) electrons. The summed E-state index contributed by atoms with van der Waals surface area (Å²) in [5.41, 5.74) is 1.49. The van der Waals surface area contributed by atoms with Gasteiger partial charge in [0.15, 0.2) is 0 Å². The summed E-state index contributed by atoms with van der Waals surface area (Å²) < 4.78 is 28.1. The zero-order valence-electron chi connectivity index (χ0n) is 13.7. The van der Waals surface area contributed by atoms with E-state index in [1.165, 1.54) is 4.31 Å². The standard InChI is InChI=1S/C20H18ClNO2S/c1-16(17-12-14-18(21)15-13-17)22(19-8-4-2-5-9-19)25(23,24)20-10-6-3-7-11-20/h2-16H,1H3.